The number of ether oxygens (including phenoxy) is 2. The molecular weight excluding hydrogens is 650 g/mol. The highest BCUT2D eigenvalue weighted by molar-refractivity contribution is 7.23. The van der Waals surface area contributed by atoms with E-state index < -0.39 is 17.5 Å². The number of benzene rings is 2. The summed E-state index contributed by atoms with van der Waals surface area (Å²) in [5.41, 5.74) is 9.01. The average Bonchev–Trinajstić information content (AvgIpc) is 3.89. The Balaban J connectivity index is 1.30. The van der Waals surface area contributed by atoms with Crippen LogP contribution in [0.15, 0.2) is 16.5 Å². The van der Waals surface area contributed by atoms with Crippen LogP contribution in [0.25, 0.3) is 32.1 Å². The molecule has 0 bridgehead atoms. The van der Waals surface area contributed by atoms with Gasteiger partial charge in [-0.2, -0.15) is 15.2 Å². The van der Waals surface area contributed by atoms with Gasteiger partial charge in [-0.3, -0.25) is 4.90 Å². The zero-order valence-electron chi connectivity index (χ0n) is 25.3. The smallest absolute Gasteiger partial charge is 0.319 e. The summed E-state index contributed by atoms with van der Waals surface area (Å²) >= 11 is 8.31. The molecule has 3 aliphatic heterocycles. The SMILES string of the molecule is CCc1nnc(CNc2nc(OCC34CCCN3CC(F)C4)nc3c(Cl)c(-c4ccc(F)c5sc(N)c(C#N)c45)c4c(c23)COC4)o1. The molecule has 15 heteroatoms. The summed E-state index contributed by atoms with van der Waals surface area (Å²) in [5, 5.41) is 23.0. The summed E-state index contributed by atoms with van der Waals surface area (Å²) in [4.78, 5) is 11.8. The van der Waals surface area contributed by atoms with Crippen molar-refractivity contribution in [2.75, 3.05) is 30.7 Å². The van der Waals surface area contributed by atoms with Crippen LogP contribution in [-0.2, 0) is 30.9 Å². The number of nitrogens with one attached hydrogen (secondary N) is 1. The maximum atomic E-state index is 15.0. The van der Waals surface area contributed by atoms with Crippen LogP contribution in [-0.4, -0.2) is 56.5 Å². The molecule has 8 rings (SSSR count). The van der Waals surface area contributed by atoms with Crippen LogP contribution in [0.2, 0.25) is 5.02 Å². The van der Waals surface area contributed by atoms with Crippen LogP contribution >= 0.6 is 22.9 Å². The minimum atomic E-state index is -0.910. The average molecular weight is 679 g/mol. The van der Waals surface area contributed by atoms with Gasteiger partial charge in [0.2, 0.25) is 11.8 Å². The molecule has 6 heterocycles. The highest BCUT2D eigenvalue weighted by Gasteiger charge is 2.49. The summed E-state index contributed by atoms with van der Waals surface area (Å²) in [6.07, 6.45) is 1.88. The van der Waals surface area contributed by atoms with E-state index in [4.69, 9.17) is 41.2 Å². The quantitative estimate of drug-likeness (QED) is 0.190. The number of nitrogens with zero attached hydrogens (tertiary/aromatic N) is 6. The van der Waals surface area contributed by atoms with E-state index >= 15 is 4.39 Å². The second-order valence-electron chi connectivity index (χ2n) is 12.1. The monoisotopic (exact) mass is 678 g/mol. The maximum absolute atomic E-state index is 15.0. The number of hydrogen-bond donors (Lipinski definition) is 2. The van der Waals surface area contributed by atoms with Crippen molar-refractivity contribution in [3.05, 3.63) is 51.4 Å². The second kappa shape index (κ2) is 11.5. The van der Waals surface area contributed by atoms with E-state index in [2.05, 4.69) is 26.5 Å². The predicted octanol–water partition coefficient (Wildman–Crippen LogP) is 6.30. The first-order chi connectivity index (χ1) is 22.8. The largest absolute Gasteiger partial charge is 0.461 e. The van der Waals surface area contributed by atoms with Gasteiger partial charge in [0.15, 0.2) is 0 Å². The number of anilines is 2. The molecule has 11 nitrogen and oxygen atoms in total. The van der Waals surface area contributed by atoms with Gasteiger partial charge in [0.05, 0.1) is 51.5 Å². The van der Waals surface area contributed by atoms with Gasteiger partial charge in [0.25, 0.3) is 0 Å². The van der Waals surface area contributed by atoms with Gasteiger partial charge in [-0.1, -0.05) is 24.6 Å². The third kappa shape index (κ3) is 4.86. The van der Waals surface area contributed by atoms with Gasteiger partial charge in [0.1, 0.15) is 35.5 Å². The Kier molecular flexibility index (Phi) is 7.40. The number of rotatable bonds is 8. The van der Waals surface area contributed by atoms with Crippen LogP contribution in [0.4, 0.5) is 19.6 Å². The Morgan fingerprint density at radius 3 is 2.87 bits per heavy atom. The summed E-state index contributed by atoms with van der Waals surface area (Å²) in [5.74, 6) is 0.833. The van der Waals surface area contributed by atoms with Gasteiger partial charge in [0, 0.05) is 30.3 Å². The number of halogens is 3. The number of alkyl halides is 1. The summed E-state index contributed by atoms with van der Waals surface area (Å²) < 4.78 is 47.8. The van der Waals surface area contributed by atoms with Crippen molar-refractivity contribution in [2.24, 2.45) is 0 Å². The lowest BCUT2D eigenvalue weighted by Gasteiger charge is -2.30. The number of fused-ring (bicyclic) bond motifs is 5. The van der Waals surface area contributed by atoms with Crippen molar-refractivity contribution in [3.8, 4) is 23.2 Å². The van der Waals surface area contributed by atoms with Crippen LogP contribution in [0, 0.1) is 17.1 Å². The summed E-state index contributed by atoms with van der Waals surface area (Å²) in [6, 6.07) is 5.16. The molecule has 242 valence electrons. The summed E-state index contributed by atoms with van der Waals surface area (Å²) in [7, 11) is 0. The van der Waals surface area contributed by atoms with Gasteiger partial charge in [-0.25, -0.2) is 8.78 Å². The zero-order valence-corrected chi connectivity index (χ0v) is 26.9. The first kappa shape index (κ1) is 30.2. The number of hydrogen-bond acceptors (Lipinski definition) is 12. The third-order valence-electron chi connectivity index (χ3n) is 9.42. The molecule has 0 saturated carbocycles. The Bertz CT molecular complexity index is 2120. The number of aromatic nitrogens is 4. The van der Waals surface area contributed by atoms with Crippen LogP contribution in [0.1, 0.15) is 54.7 Å². The standard InChI is InChI=1S/C32H29ClF2N8O3S/c1-2-21-41-42-22(46-21)10-38-30-25-19-13-44-12-18(19)23(16-4-5-20(35)28-24(16)17(9-36)29(37)47-28)26(33)27(25)39-31(40-30)45-14-32-6-3-7-43(32)11-15(34)8-32/h4-5,15H,2-3,6-8,10-14,37H2,1H3,(H,38,39,40). The highest BCUT2D eigenvalue weighted by Crippen LogP contribution is 2.49. The molecule has 0 spiro atoms. The Labute approximate surface area is 276 Å². The molecule has 2 saturated heterocycles. The first-order valence-corrected chi connectivity index (χ1v) is 16.6. The minimum absolute atomic E-state index is 0.0665. The third-order valence-corrected chi connectivity index (χ3v) is 10.8. The molecule has 0 aliphatic carbocycles. The maximum Gasteiger partial charge on any atom is 0.319 e. The number of nitriles is 1. The van der Waals surface area contributed by atoms with Crippen molar-refractivity contribution in [1.82, 2.24) is 25.1 Å². The second-order valence-corrected chi connectivity index (χ2v) is 13.6. The lowest BCUT2D eigenvalue weighted by Crippen LogP contribution is -2.43. The Morgan fingerprint density at radius 2 is 2.06 bits per heavy atom. The van der Waals surface area contributed by atoms with Crippen LogP contribution in [0.3, 0.4) is 0 Å². The van der Waals surface area contributed by atoms with E-state index in [1.54, 1.807) is 6.07 Å². The van der Waals surface area contributed by atoms with E-state index in [1.807, 2.05) is 6.92 Å². The number of aryl methyl sites for hydroxylation is 1. The number of nitrogens with two attached hydrogens (primary N) is 1. The van der Waals surface area contributed by atoms with Crippen molar-refractivity contribution in [1.29, 1.82) is 5.26 Å². The molecule has 3 aliphatic rings. The number of thiophene rings is 1. The first-order valence-electron chi connectivity index (χ1n) is 15.4. The molecule has 2 aromatic carbocycles. The number of nitrogen functional groups attached to an aromatic ring is 1. The van der Waals surface area contributed by atoms with Gasteiger partial charge in [-0.05, 0) is 42.1 Å². The van der Waals surface area contributed by atoms with E-state index in [1.165, 1.54) is 6.07 Å². The Morgan fingerprint density at radius 1 is 1.23 bits per heavy atom. The van der Waals surface area contributed by atoms with E-state index in [-0.39, 0.29) is 52.7 Å². The van der Waals surface area contributed by atoms with Crippen molar-refractivity contribution in [3.63, 3.8) is 0 Å². The molecule has 3 N–H and O–H groups in total. The van der Waals surface area contributed by atoms with Crippen LogP contribution < -0.4 is 15.8 Å². The minimum Gasteiger partial charge on any atom is -0.461 e. The normalized spacial score (nSPS) is 20.6. The van der Waals surface area contributed by atoms with Gasteiger partial charge in [-0.15, -0.1) is 21.5 Å². The molecular formula is C32H29ClF2N8O3S. The zero-order chi connectivity index (χ0) is 32.4. The summed E-state index contributed by atoms with van der Waals surface area (Å²) in [6.45, 7) is 4.01. The van der Waals surface area contributed by atoms with Gasteiger partial charge < -0.3 is 24.9 Å². The van der Waals surface area contributed by atoms with Crippen LogP contribution in [0.5, 0.6) is 6.01 Å². The lowest BCUT2D eigenvalue weighted by atomic mass is 9.91. The topological polar surface area (TPSA) is 148 Å². The molecule has 0 amide bonds. The van der Waals surface area contributed by atoms with Gasteiger partial charge >= 0.3 is 6.01 Å². The van der Waals surface area contributed by atoms with Crippen molar-refractivity contribution < 1.29 is 22.7 Å². The van der Waals surface area contributed by atoms with E-state index in [0.717, 1.165) is 41.9 Å². The molecule has 0 radical (unpaired) electrons. The predicted molar refractivity (Wildman–Crippen MR) is 172 cm³/mol. The van der Waals surface area contributed by atoms with E-state index in [9.17, 15) is 9.65 Å². The lowest BCUT2D eigenvalue weighted by molar-refractivity contribution is 0.107. The molecule has 5 aromatic rings. The molecule has 3 aromatic heterocycles. The fourth-order valence-electron chi connectivity index (χ4n) is 7.30. The van der Waals surface area contributed by atoms with Crippen molar-refractivity contribution in [2.45, 2.75) is 64.1 Å². The highest BCUT2D eigenvalue weighted by atomic mass is 35.5. The molecule has 2 unspecified atom stereocenters. The fraction of sp³-hybridized carbons (Fsp3) is 0.406. The Hall–Kier alpha value is -4.16. The van der Waals surface area contributed by atoms with E-state index in [0.29, 0.717) is 64.4 Å². The molecule has 47 heavy (non-hydrogen) atoms. The molecule has 2 fully saturated rings. The fourth-order valence-corrected chi connectivity index (χ4v) is 8.60. The van der Waals surface area contributed by atoms with Crippen molar-refractivity contribution >= 4 is 54.7 Å². The molecule has 2 atom stereocenters.